The molecule has 2 rings (SSSR count). The zero-order chi connectivity index (χ0) is 16.5. The fraction of sp³-hybridized carbons (Fsp3) is 0.545. The minimum atomic E-state index is -3.67. The molecular formula is C11H14ClN3O5S2. The monoisotopic (exact) mass is 367 g/mol. The smallest absolute Gasteiger partial charge is 0.271 e. The van der Waals surface area contributed by atoms with E-state index < -0.39 is 36.8 Å². The fourth-order valence-corrected chi connectivity index (χ4v) is 4.50. The molecule has 11 heteroatoms. The van der Waals surface area contributed by atoms with Crippen molar-refractivity contribution in [3.63, 3.8) is 0 Å². The van der Waals surface area contributed by atoms with Crippen molar-refractivity contribution >= 4 is 37.2 Å². The Balaban J connectivity index is 2.25. The maximum Gasteiger partial charge on any atom is 0.271 e. The molecule has 2 heterocycles. The third-order valence-electron chi connectivity index (χ3n) is 3.16. The third-order valence-corrected chi connectivity index (χ3v) is 6.72. The fourth-order valence-electron chi connectivity index (χ4n) is 1.95. The highest BCUT2D eigenvalue weighted by Gasteiger charge is 2.30. The van der Waals surface area contributed by atoms with Crippen LogP contribution in [0.15, 0.2) is 11.4 Å². The van der Waals surface area contributed by atoms with Crippen LogP contribution in [0.5, 0.6) is 0 Å². The molecule has 0 radical (unpaired) electrons. The van der Waals surface area contributed by atoms with Gasteiger partial charge in [-0.25, -0.2) is 26.8 Å². The first-order chi connectivity index (χ1) is 10.1. The number of carbonyl (C=O) groups excluding carboxylic acids is 1. The van der Waals surface area contributed by atoms with E-state index >= 15 is 0 Å². The van der Waals surface area contributed by atoms with Gasteiger partial charge in [0.05, 0.1) is 28.5 Å². The van der Waals surface area contributed by atoms with E-state index in [9.17, 15) is 21.6 Å². The van der Waals surface area contributed by atoms with Gasteiger partial charge in [-0.1, -0.05) is 18.5 Å². The molecule has 1 amide bonds. The molecule has 1 aliphatic rings. The average molecular weight is 368 g/mol. The summed E-state index contributed by atoms with van der Waals surface area (Å²) >= 11 is 5.83. The zero-order valence-corrected chi connectivity index (χ0v) is 14.0. The van der Waals surface area contributed by atoms with Crippen molar-refractivity contribution in [1.29, 1.82) is 0 Å². The second-order valence-corrected chi connectivity index (χ2v) is 9.63. The van der Waals surface area contributed by atoms with Crippen molar-refractivity contribution in [3.05, 3.63) is 16.9 Å². The lowest BCUT2D eigenvalue weighted by atomic mass is 10.2. The predicted molar refractivity (Wildman–Crippen MR) is 79.3 cm³/mol. The molecule has 0 aliphatic carbocycles. The number of halogens is 1. The van der Waals surface area contributed by atoms with Crippen molar-refractivity contribution < 1.29 is 21.6 Å². The standard InChI is InChI=1S/C11H14ClN3O5S2/c1-2-22(19,20)11-13-5-8(12)9(15-11)10(16)14-7-3-4-21(17,18)6-7/h5,7H,2-4,6H2,1H3,(H,14,16). The van der Waals surface area contributed by atoms with E-state index in [0.29, 0.717) is 6.42 Å². The van der Waals surface area contributed by atoms with Crippen LogP contribution in [0.3, 0.4) is 0 Å². The van der Waals surface area contributed by atoms with Crippen LogP contribution in [0, 0.1) is 0 Å². The Hall–Kier alpha value is -1.26. The Morgan fingerprint density at radius 2 is 2.18 bits per heavy atom. The molecule has 1 atom stereocenters. The van der Waals surface area contributed by atoms with E-state index in [4.69, 9.17) is 11.6 Å². The van der Waals surface area contributed by atoms with E-state index in [1.165, 1.54) is 6.92 Å². The van der Waals surface area contributed by atoms with Gasteiger partial charge in [0.1, 0.15) is 0 Å². The highest BCUT2D eigenvalue weighted by molar-refractivity contribution is 7.91. The van der Waals surface area contributed by atoms with E-state index in [2.05, 4.69) is 15.3 Å². The highest BCUT2D eigenvalue weighted by Crippen LogP contribution is 2.17. The molecule has 0 bridgehead atoms. The van der Waals surface area contributed by atoms with Crippen LogP contribution >= 0.6 is 11.6 Å². The van der Waals surface area contributed by atoms with Gasteiger partial charge in [-0.05, 0) is 6.42 Å². The molecule has 1 fully saturated rings. The van der Waals surface area contributed by atoms with Crippen LogP contribution in [-0.2, 0) is 19.7 Å². The van der Waals surface area contributed by atoms with Crippen molar-refractivity contribution in [1.82, 2.24) is 15.3 Å². The number of hydrogen-bond acceptors (Lipinski definition) is 7. The molecule has 1 N–H and O–H groups in total. The summed E-state index contributed by atoms with van der Waals surface area (Å²) in [5.41, 5.74) is -0.284. The summed E-state index contributed by atoms with van der Waals surface area (Å²) in [6.45, 7) is 1.43. The second-order valence-electron chi connectivity index (χ2n) is 4.83. The number of nitrogens with zero attached hydrogens (tertiary/aromatic N) is 2. The summed E-state index contributed by atoms with van der Waals surface area (Å²) in [7, 11) is -6.82. The van der Waals surface area contributed by atoms with Crippen molar-refractivity contribution in [3.8, 4) is 0 Å². The largest absolute Gasteiger partial charge is 0.347 e. The van der Waals surface area contributed by atoms with Gasteiger partial charge >= 0.3 is 0 Å². The van der Waals surface area contributed by atoms with E-state index in [-0.39, 0.29) is 28.0 Å². The van der Waals surface area contributed by atoms with Gasteiger partial charge in [-0.3, -0.25) is 4.79 Å². The number of sulfone groups is 2. The summed E-state index contributed by atoms with van der Waals surface area (Å²) in [5.74, 6) is -1.08. The summed E-state index contributed by atoms with van der Waals surface area (Å²) < 4.78 is 46.2. The Morgan fingerprint density at radius 3 is 2.73 bits per heavy atom. The molecule has 0 saturated carbocycles. The van der Waals surface area contributed by atoms with Crippen LogP contribution in [-0.4, -0.2) is 56.0 Å². The van der Waals surface area contributed by atoms with Gasteiger partial charge in [0.25, 0.3) is 5.91 Å². The molecule has 1 saturated heterocycles. The molecule has 22 heavy (non-hydrogen) atoms. The minimum Gasteiger partial charge on any atom is -0.347 e. The van der Waals surface area contributed by atoms with Gasteiger partial charge in [0.2, 0.25) is 15.0 Å². The van der Waals surface area contributed by atoms with Crippen LogP contribution in [0.1, 0.15) is 23.8 Å². The summed E-state index contributed by atoms with van der Waals surface area (Å²) in [5, 5.41) is 1.91. The number of carbonyl (C=O) groups is 1. The molecule has 1 aromatic rings. The maximum absolute atomic E-state index is 12.1. The Kier molecular flexibility index (Phi) is 4.73. The second kappa shape index (κ2) is 6.09. The van der Waals surface area contributed by atoms with Gasteiger partial charge in [-0.15, -0.1) is 0 Å². The molecule has 0 spiro atoms. The van der Waals surface area contributed by atoms with Gasteiger partial charge < -0.3 is 5.32 Å². The number of amides is 1. The van der Waals surface area contributed by atoms with E-state index in [1.807, 2.05) is 0 Å². The number of hydrogen-bond donors (Lipinski definition) is 1. The topological polar surface area (TPSA) is 123 Å². The SMILES string of the molecule is CCS(=O)(=O)c1ncc(Cl)c(C(=O)NC2CCS(=O)(=O)C2)n1. The van der Waals surface area contributed by atoms with Gasteiger partial charge in [0, 0.05) is 6.04 Å². The average Bonchev–Trinajstić information content (AvgIpc) is 2.78. The molecule has 1 aliphatic heterocycles. The normalized spacial score (nSPS) is 20.7. The van der Waals surface area contributed by atoms with Crippen LogP contribution < -0.4 is 5.32 Å². The Labute approximate surface area is 133 Å². The Morgan fingerprint density at radius 1 is 1.50 bits per heavy atom. The minimum absolute atomic E-state index is 0.00488. The summed E-state index contributed by atoms with van der Waals surface area (Å²) in [6, 6.07) is -0.533. The first-order valence-corrected chi connectivity index (χ1v) is 10.3. The van der Waals surface area contributed by atoms with Crippen LogP contribution in [0.4, 0.5) is 0 Å². The van der Waals surface area contributed by atoms with Crippen molar-refractivity contribution in [2.45, 2.75) is 24.5 Å². The first-order valence-electron chi connectivity index (χ1n) is 6.41. The predicted octanol–water partition coefficient (Wildman–Crippen LogP) is -0.159. The number of rotatable bonds is 4. The summed E-state index contributed by atoms with van der Waals surface area (Å²) in [6.07, 6.45) is 1.34. The van der Waals surface area contributed by atoms with Gasteiger partial charge in [0.15, 0.2) is 15.5 Å². The lowest BCUT2D eigenvalue weighted by molar-refractivity contribution is 0.0935. The molecule has 8 nitrogen and oxygen atoms in total. The Bertz CT molecular complexity index is 807. The molecule has 0 aromatic carbocycles. The number of nitrogens with one attached hydrogen (secondary N) is 1. The van der Waals surface area contributed by atoms with Crippen molar-refractivity contribution in [2.75, 3.05) is 17.3 Å². The quantitative estimate of drug-likeness (QED) is 0.733. The van der Waals surface area contributed by atoms with E-state index in [0.717, 1.165) is 6.20 Å². The van der Waals surface area contributed by atoms with Crippen LogP contribution in [0.2, 0.25) is 5.02 Å². The lowest BCUT2D eigenvalue weighted by Crippen LogP contribution is -2.36. The molecule has 1 unspecified atom stereocenters. The first kappa shape index (κ1) is 17.1. The third kappa shape index (κ3) is 3.73. The molecule has 1 aromatic heterocycles. The molecule has 122 valence electrons. The molecular weight excluding hydrogens is 354 g/mol. The highest BCUT2D eigenvalue weighted by atomic mass is 35.5. The van der Waals surface area contributed by atoms with Crippen LogP contribution in [0.25, 0.3) is 0 Å². The maximum atomic E-state index is 12.1. The number of aromatic nitrogens is 2. The van der Waals surface area contributed by atoms with E-state index in [1.54, 1.807) is 0 Å². The van der Waals surface area contributed by atoms with Crippen molar-refractivity contribution in [2.24, 2.45) is 0 Å². The van der Waals surface area contributed by atoms with Gasteiger partial charge in [-0.2, -0.15) is 0 Å². The summed E-state index contributed by atoms with van der Waals surface area (Å²) in [4.78, 5) is 19.4. The zero-order valence-electron chi connectivity index (χ0n) is 11.6. The lowest BCUT2D eigenvalue weighted by Gasteiger charge is -2.11.